The Balaban J connectivity index is 2.62. The Bertz CT molecular complexity index is 386. The highest BCUT2D eigenvalue weighted by Crippen LogP contribution is 2.20. The van der Waals surface area contributed by atoms with Gasteiger partial charge in [-0.1, -0.05) is 25.4 Å². The third kappa shape index (κ3) is 6.23. The van der Waals surface area contributed by atoms with Gasteiger partial charge in [-0.05, 0) is 19.4 Å². The minimum Gasteiger partial charge on any atom is -0.472 e. The van der Waals surface area contributed by atoms with Crippen molar-refractivity contribution < 1.29 is 9.47 Å². The van der Waals surface area contributed by atoms with Crippen LogP contribution in [0.4, 0.5) is 0 Å². The molecule has 0 spiro atoms. The van der Waals surface area contributed by atoms with Gasteiger partial charge in [-0.3, -0.25) is 0 Å². The molecule has 5 heteroatoms. The normalized spacial score (nSPS) is 12.7. The molecule has 1 N–H and O–H groups in total. The van der Waals surface area contributed by atoms with E-state index in [1.54, 1.807) is 6.20 Å². The number of nitrogens with one attached hydrogen (secondary N) is 1. The fourth-order valence-electron chi connectivity index (χ4n) is 1.50. The van der Waals surface area contributed by atoms with Gasteiger partial charge in [0.2, 0.25) is 5.88 Å². The maximum Gasteiger partial charge on any atom is 0.213 e. The number of nitrogens with zero attached hydrogens (tertiary/aromatic N) is 1. The number of hydrogen-bond donors (Lipinski definition) is 1. The van der Waals surface area contributed by atoms with Crippen LogP contribution < -0.4 is 10.1 Å². The number of aromatic nitrogens is 1. The van der Waals surface area contributed by atoms with Crippen LogP contribution in [0.5, 0.6) is 5.88 Å². The first-order valence-corrected chi connectivity index (χ1v) is 7.03. The average molecular weight is 287 g/mol. The van der Waals surface area contributed by atoms with E-state index in [0.717, 1.165) is 5.56 Å². The van der Waals surface area contributed by atoms with Crippen LogP contribution in [0.25, 0.3) is 0 Å². The highest BCUT2D eigenvalue weighted by Gasteiger charge is 2.08. The molecule has 0 aliphatic rings. The second-order valence-corrected chi connectivity index (χ2v) is 5.14. The van der Waals surface area contributed by atoms with Gasteiger partial charge in [0.25, 0.3) is 0 Å². The Morgan fingerprint density at radius 2 is 2.11 bits per heavy atom. The summed E-state index contributed by atoms with van der Waals surface area (Å²) < 4.78 is 11.0. The van der Waals surface area contributed by atoms with Crippen molar-refractivity contribution in [2.45, 2.75) is 46.4 Å². The molecular formula is C14H23ClN2O2. The lowest BCUT2D eigenvalue weighted by Gasteiger charge is -2.15. The van der Waals surface area contributed by atoms with Crippen molar-refractivity contribution in [1.82, 2.24) is 10.3 Å². The van der Waals surface area contributed by atoms with Crippen LogP contribution >= 0.6 is 11.6 Å². The summed E-state index contributed by atoms with van der Waals surface area (Å²) in [6.07, 6.45) is 1.60. The largest absolute Gasteiger partial charge is 0.472 e. The van der Waals surface area contributed by atoms with Crippen molar-refractivity contribution in [2.24, 2.45) is 0 Å². The highest BCUT2D eigenvalue weighted by atomic mass is 35.5. The van der Waals surface area contributed by atoms with Gasteiger partial charge in [-0.2, -0.15) is 0 Å². The van der Waals surface area contributed by atoms with Gasteiger partial charge < -0.3 is 14.8 Å². The molecule has 0 aliphatic carbocycles. The van der Waals surface area contributed by atoms with Gasteiger partial charge in [0.15, 0.2) is 0 Å². The first-order chi connectivity index (χ1) is 9.02. The van der Waals surface area contributed by atoms with Gasteiger partial charge >= 0.3 is 0 Å². The topological polar surface area (TPSA) is 43.4 Å². The molecule has 1 aromatic rings. The molecule has 19 heavy (non-hydrogen) atoms. The van der Waals surface area contributed by atoms with E-state index in [-0.39, 0.29) is 6.10 Å². The molecule has 0 saturated carbocycles. The van der Waals surface area contributed by atoms with Crippen molar-refractivity contribution in [3.63, 3.8) is 0 Å². The summed E-state index contributed by atoms with van der Waals surface area (Å²) in [4.78, 5) is 4.18. The van der Waals surface area contributed by atoms with Crippen molar-refractivity contribution >= 4 is 11.6 Å². The lowest BCUT2D eigenvalue weighted by atomic mass is 10.2. The number of pyridine rings is 1. The second kappa shape index (κ2) is 8.35. The monoisotopic (exact) mass is 286 g/mol. The summed E-state index contributed by atoms with van der Waals surface area (Å²) in [7, 11) is 0. The molecule has 0 aliphatic heterocycles. The Morgan fingerprint density at radius 3 is 2.74 bits per heavy atom. The summed E-state index contributed by atoms with van der Waals surface area (Å²) in [5.41, 5.74) is 0.990. The second-order valence-electron chi connectivity index (χ2n) is 4.74. The first-order valence-electron chi connectivity index (χ1n) is 6.65. The lowest BCUT2D eigenvalue weighted by Crippen LogP contribution is -2.22. The zero-order chi connectivity index (χ0) is 14.3. The Hall–Kier alpha value is -0.840. The predicted molar refractivity (Wildman–Crippen MR) is 77.8 cm³/mol. The van der Waals surface area contributed by atoms with E-state index < -0.39 is 0 Å². The van der Waals surface area contributed by atoms with Crippen molar-refractivity contribution in [2.75, 3.05) is 13.2 Å². The van der Waals surface area contributed by atoms with Crippen LogP contribution in [0.2, 0.25) is 5.02 Å². The van der Waals surface area contributed by atoms with Crippen LogP contribution in [0.15, 0.2) is 12.3 Å². The molecule has 0 bridgehead atoms. The predicted octanol–water partition coefficient (Wildman–Crippen LogP) is 3.04. The third-order valence-electron chi connectivity index (χ3n) is 2.49. The van der Waals surface area contributed by atoms with Crippen LogP contribution in [0.3, 0.4) is 0 Å². The number of rotatable bonds is 8. The van der Waals surface area contributed by atoms with E-state index in [1.807, 2.05) is 19.9 Å². The SMILES string of the molecule is CCOCC(C)Oc1cc(CNC(C)C)c(Cl)cn1. The lowest BCUT2D eigenvalue weighted by molar-refractivity contribution is 0.0633. The van der Waals surface area contributed by atoms with Gasteiger partial charge in [-0.15, -0.1) is 0 Å². The number of ether oxygens (including phenoxy) is 2. The molecule has 1 rings (SSSR count). The zero-order valence-corrected chi connectivity index (χ0v) is 12.8. The fraction of sp³-hybridized carbons (Fsp3) is 0.643. The molecule has 0 saturated heterocycles. The Morgan fingerprint density at radius 1 is 1.37 bits per heavy atom. The summed E-state index contributed by atoms with van der Waals surface area (Å²) in [6, 6.07) is 2.28. The van der Waals surface area contributed by atoms with Crippen LogP contribution in [-0.2, 0) is 11.3 Å². The third-order valence-corrected chi connectivity index (χ3v) is 2.83. The van der Waals surface area contributed by atoms with E-state index in [4.69, 9.17) is 21.1 Å². The average Bonchev–Trinajstić information content (AvgIpc) is 2.37. The molecule has 0 amide bonds. The fourth-order valence-corrected chi connectivity index (χ4v) is 1.67. The standard InChI is InChI=1S/C14H23ClN2O2/c1-5-18-9-11(4)19-14-6-12(7-16-10(2)3)13(15)8-17-14/h6,8,10-11,16H,5,7,9H2,1-4H3. The minimum atomic E-state index is -0.0282. The van der Waals surface area contributed by atoms with E-state index in [9.17, 15) is 0 Å². The van der Waals surface area contributed by atoms with Crippen molar-refractivity contribution in [1.29, 1.82) is 0 Å². The smallest absolute Gasteiger partial charge is 0.213 e. The maximum absolute atomic E-state index is 6.12. The van der Waals surface area contributed by atoms with Crippen molar-refractivity contribution in [3.8, 4) is 5.88 Å². The van der Waals surface area contributed by atoms with Gasteiger partial charge in [0, 0.05) is 31.5 Å². The van der Waals surface area contributed by atoms with Gasteiger partial charge in [0.05, 0.1) is 11.6 Å². The van der Waals surface area contributed by atoms with E-state index in [1.165, 1.54) is 0 Å². The summed E-state index contributed by atoms with van der Waals surface area (Å²) in [5.74, 6) is 0.581. The quantitative estimate of drug-likeness (QED) is 0.798. The molecule has 1 heterocycles. The molecule has 1 atom stereocenters. The number of halogens is 1. The summed E-state index contributed by atoms with van der Waals surface area (Å²) in [5, 5.41) is 3.98. The molecule has 1 unspecified atom stereocenters. The zero-order valence-electron chi connectivity index (χ0n) is 12.1. The van der Waals surface area contributed by atoms with E-state index >= 15 is 0 Å². The maximum atomic E-state index is 6.12. The molecule has 0 aromatic carbocycles. The summed E-state index contributed by atoms with van der Waals surface area (Å²) in [6.45, 7) is 10.1. The molecule has 1 aromatic heterocycles. The van der Waals surface area contributed by atoms with Crippen LogP contribution in [-0.4, -0.2) is 30.3 Å². The Kier molecular flexibility index (Phi) is 7.13. The molecule has 4 nitrogen and oxygen atoms in total. The van der Waals surface area contributed by atoms with Crippen molar-refractivity contribution in [3.05, 3.63) is 22.8 Å². The molecule has 108 valence electrons. The van der Waals surface area contributed by atoms with Crippen LogP contribution in [0, 0.1) is 0 Å². The molecule has 0 radical (unpaired) electrons. The van der Waals surface area contributed by atoms with Gasteiger partial charge in [-0.25, -0.2) is 4.98 Å². The van der Waals surface area contributed by atoms with Crippen LogP contribution in [0.1, 0.15) is 33.3 Å². The van der Waals surface area contributed by atoms with Gasteiger partial charge in [0.1, 0.15) is 6.10 Å². The highest BCUT2D eigenvalue weighted by molar-refractivity contribution is 6.31. The summed E-state index contributed by atoms with van der Waals surface area (Å²) >= 11 is 6.12. The first kappa shape index (κ1) is 16.2. The molecular weight excluding hydrogens is 264 g/mol. The van der Waals surface area contributed by atoms with E-state index in [2.05, 4.69) is 24.1 Å². The molecule has 0 fully saturated rings. The number of hydrogen-bond acceptors (Lipinski definition) is 4. The van der Waals surface area contributed by atoms with E-state index in [0.29, 0.717) is 36.7 Å². The Labute approximate surface area is 120 Å². The minimum absolute atomic E-state index is 0.0282.